The Hall–Kier alpha value is -1.77. The van der Waals surface area contributed by atoms with Crippen LogP contribution in [0.25, 0.3) is 0 Å². The summed E-state index contributed by atoms with van der Waals surface area (Å²) in [6, 6.07) is 10.1. The van der Waals surface area contributed by atoms with Crippen LogP contribution in [0.2, 0.25) is 0 Å². The second-order valence-corrected chi connectivity index (χ2v) is 2.88. The molecule has 0 radical (unpaired) electrons. The van der Waals surface area contributed by atoms with Crippen LogP contribution in [-0.4, -0.2) is 11.2 Å². The summed E-state index contributed by atoms with van der Waals surface area (Å²) in [5.74, 6) is 0. The molecule has 0 aliphatic carbocycles. The number of carboxylic acid groups (broad SMARTS) is 1. The average Bonchev–Trinajstić information content (AvgIpc) is 2.18. The van der Waals surface area contributed by atoms with Crippen LogP contribution in [0.15, 0.2) is 42.6 Å². The van der Waals surface area contributed by atoms with Crippen molar-refractivity contribution in [3.05, 3.63) is 48.2 Å². The number of carbonyl (C=O) groups is 1. The van der Waals surface area contributed by atoms with Crippen LogP contribution in [0.3, 0.4) is 0 Å². The van der Waals surface area contributed by atoms with Crippen LogP contribution in [0.5, 0.6) is 0 Å². The number of aryl methyl sites for hydroxylation is 1. The molecule has 0 spiro atoms. The van der Waals surface area contributed by atoms with E-state index in [1.165, 1.54) is 11.8 Å². The smallest absolute Gasteiger partial charge is 0.408 e. The van der Waals surface area contributed by atoms with Crippen molar-refractivity contribution in [3.8, 4) is 0 Å². The third kappa shape index (κ3) is 4.30. The second-order valence-electron chi connectivity index (χ2n) is 2.88. The number of amides is 1. The Morgan fingerprint density at radius 1 is 1.36 bits per heavy atom. The molecule has 0 fully saturated rings. The van der Waals surface area contributed by atoms with Crippen LogP contribution in [-0.2, 0) is 6.42 Å². The Morgan fingerprint density at radius 3 is 2.71 bits per heavy atom. The maximum atomic E-state index is 10.1. The molecule has 0 saturated carbocycles. The summed E-state index contributed by atoms with van der Waals surface area (Å²) >= 11 is 0. The first-order valence-corrected chi connectivity index (χ1v) is 4.47. The van der Waals surface area contributed by atoms with Gasteiger partial charge in [0, 0.05) is 6.20 Å². The highest BCUT2D eigenvalue weighted by atomic mass is 16.4. The summed E-state index contributed by atoms with van der Waals surface area (Å²) in [6.07, 6.45) is 4.00. The van der Waals surface area contributed by atoms with Gasteiger partial charge in [-0.25, -0.2) is 4.79 Å². The molecule has 74 valence electrons. The Labute approximate surface area is 83.1 Å². The number of hydrogen-bond donors (Lipinski definition) is 2. The second kappa shape index (κ2) is 5.80. The molecular weight excluding hydrogens is 178 g/mol. The third-order valence-corrected chi connectivity index (χ3v) is 1.77. The summed E-state index contributed by atoms with van der Waals surface area (Å²) in [4.78, 5) is 10.1. The first kappa shape index (κ1) is 10.3. The molecule has 14 heavy (non-hydrogen) atoms. The largest absolute Gasteiger partial charge is 0.465 e. The highest BCUT2D eigenvalue weighted by molar-refractivity contribution is 5.65. The van der Waals surface area contributed by atoms with Gasteiger partial charge in [0.2, 0.25) is 0 Å². The number of allylic oxidation sites excluding steroid dienone is 1. The standard InChI is InChI=1S/C11H13NO2/c13-11(14)12-9-5-4-8-10-6-2-1-3-7-10/h1-3,5-7,9,12H,4,8H2,(H,13,14)/b9-5-. The van der Waals surface area contributed by atoms with E-state index < -0.39 is 6.09 Å². The van der Waals surface area contributed by atoms with Crippen LogP contribution in [0, 0.1) is 0 Å². The maximum Gasteiger partial charge on any atom is 0.408 e. The third-order valence-electron chi connectivity index (χ3n) is 1.77. The topological polar surface area (TPSA) is 49.3 Å². The zero-order valence-electron chi connectivity index (χ0n) is 7.81. The monoisotopic (exact) mass is 191 g/mol. The summed E-state index contributed by atoms with van der Waals surface area (Å²) in [5, 5.41) is 10.4. The van der Waals surface area contributed by atoms with Crippen molar-refractivity contribution in [2.75, 3.05) is 0 Å². The molecule has 0 bridgehead atoms. The van der Waals surface area contributed by atoms with E-state index in [1.807, 2.05) is 18.2 Å². The molecule has 1 amide bonds. The van der Waals surface area contributed by atoms with E-state index in [2.05, 4.69) is 17.4 Å². The minimum absolute atomic E-state index is 0.838. The van der Waals surface area contributed by atoms with Crippen molar-refractivity contribution in [2.24, 2.45) is 0 Å². The molecule has 0 saturated heterocycles. The van der Waals surface area contributed by atoms with Gasteiger partial charge in [-0.3, -0.25) is 5.32 Å². The molecule has 1 aromatic rings. The van der Waals surface area contributed by atoms with E-state index >= 15 is 0 Å². The van der Waals surface area contributed by atoms with Gasteiger partial charge in [0.05, 0.1) is 0 Å². The van der Waals surface area contributed by atoms with Gasteiger partial charge in [-0.2, -0.15) is 0 Å². The van der Waals surface area contributed by atoms with Crippen molar-refractivity contribution >= 4 is 6.09 Å². The minimum atomic E-state index is -1.03. The van der Waals surface area contributed by atoms with Crippen molar-refractivity contribution in [3.63, 3.8) is 0 Å². The first-order valence-electron chi connectivity index (χ1n) is 4.47. The molecule has 1 rings (SSSR count). The lowest BCUT2D eigenvalue weighted by atomic mass is 10.1. The van der Waals surface area contributed by atoms with Gasteiger partial charge in [-0.1, -0.05) is 36.4 Å². The van der Waals surface area contributed by atoms with E-state index in [4.69, 9.17) is 5.11 Å². The van der Waals surface area contributed by atoms with Gasteiger partial charge in [-0.05, 0) is 18.4 Å². The number of hydrogen-bond acceptors (Lipinski definition) is 1. The molecule has 3 heteroatoms. The summed E-state index contributed by atoms with van der Waals surface area (Å²) in [7, 11) is 0. The van der Waals surface area contributed by atoms with Crippen molar-refractivity contribution < 1.29 is 9.90 Å². The molecule has 1 aromatic carbocycles. The Morgan fingerprint density at radius 2 is 2.07 bits per heavy atom. The van der Waals surface area contributed by atoms with Crippen molar-refractivity contribution in [1.29, 1.82) is 0 Å². The lowest BCUT2D eigenvalue weighted by Gasteiger charge is -1.96. The highest BCUT2D eigenvalue weighted by Crippen LogP contribution is 2.02. The van der Waals surface area contributed by atoms with E-state index in [1.54, 1.807) is 6.08 Å². The predicted molar refractivity (Wildman–Crippen MR) is 55.1 cm³/mol. The van der Waals surface area contributed by atoms with Gasteiger partial charge in [0.15, 0.2) is 0 Å². The number of benzene rings is 1. The fraction of sp³-hybridized carbons (Fsp3) is 0.182. The van der Waals surface area contributed by atoms with Crippen LogP contribution >= 0.6 is 0 Å². The first-order chi connectivity index (χ1) is 6.79. The molecule has 3 nitrogen and oxygen atoms in total. The lowest BCUT2D eigenvalue weighted by Crippen LogP contribution is -2.12. The molecule has 0 aliphatic heterocycles. The SMILES string of the molecule is O=C(O)N/C=C\CCc1ccccc1. The average molecular weight is 191 g/mol. The Balaban J connectivity index is 2.22. The highest BCUT2D eigenvalue weighted by Gasteiger charge is 1.89. The van der Waals surface area contributed by atoms with Gasteiger partial charge in [0.1, 0.15) is 0 Å². The Bertz CT molecular complexity index is 306. The summed E-state index contributed by atoms with van der Waals surface area (Å²) in [6.45, 7) is 0. The molecule has 0 aliphatic rings. The summed E-state index contributed by atoms with van der Waals surface area (Å²) < 4.78 is 0. The Kier molecular flexibility index (Phi) is 4.27. The number of nitrogens with one attached hydrogen (secondary N) is 1. The quantitative estimate of drug-likeness (QED) is 0.767. The molecule has 0 aromatic heterocycles. The van der Waals surface area contributed by atoms with Crippen molar-refractivity contribution in [2.45, 2.75) is 12.8 Å². The van der Waals surface area contributed by atoms with Gasteiger partial charge < -0.3 is 5.11 Å². The van der Waals surface area contributed by atoms with E-state index in [-0.39, 0.29) is 0 Å². The molecule has 0 unspecified atom stereocenters. The zero-order valence-corrected chi connectivity index (χ0v) is 7.81. The summed E-state index contributed by atoms with van der Waals surface area (Å²) in [5.41, 5.74) is 1.26. The molecule has 2 N–H and O–H groups in total. The fourth-order valence-corrected chi connectivity index (χ4v) is 1.11. The van der Waals surface area contributed by atoms with Crippen molar-refractivity contribution in [1.82, 2.24) is 5.32 Å². The maximum absolute atomic E-state index is 10.1. The van der Waals surface area contributed by atoms with Crippen LogP contribution in [0.4, 0.5) is 4.79 Å². The van der Waals surface area contributed by atoms with Crippen LogP contribution < -0.4 is 5.32 Å². The normalized spacial score (nSPS) is 10.3. The van der Waals surface area contributed by atoms with Gasteiger partial charge in [0.25, 0.3) is 0 Å². The predicted octanol–water partition coefficient (Wildman–Crippen LogP) is 2.40. The molecular formula is C11H13NO2. The lowest BCUT2D eigenvalue weighted by molar-refractivity contribution is 0.198. The zero-order chi connectivity index (χ0) is 10.2. The van der Waals surface area contributed by atoms with E-state index in [0.717, 1.165) is 12.8 Å². The molecule has 0 heterocycles. The van der Waals surface area contributed by atoms with Gasteiger partial charge >= 0.3 is 6.09 Å². The molecule has 0 atom stereocenters. The minimum Gasteiger partial charge on any atom is -0.465 e. The fourth-order valence-electron chi connectivity index (χ4n) is 1.11. The van der Waals surface area contributed by atoms with Crippen LogP contribution in [0.1, 0.15) is 12.0 Å². The number of rotatable bonds is 4. The van der Waals surface area contributed by atoms with E-state index in [0.29, 0.717) is 0 Å². The van der Waals surface area contributed by atoms with E-state index in [9.17, 15) is 4.79 Å². The van der Waals surface area contributed by atoms with Gasteiger partial charge in [-0.15, -0.1) is 0 Å².